The van der Waals surface area contributed by atoms with E-state index in [1.165, 1.54) is 11.8 Å². The van der Waals surface area contributed by atoms with Gasteiger partial charge in [-0.25, -0.2) is 4.79 Å². The normalized spacial score (nSPS) is 21.9. The smallest absolute Gasteiger partial charge is 0.394 e. The van der Waals surface area contributed by atoms with Gasteiger partial charge in [0.05, 0.1) is 11.8 Å². The van der Waals surface area contributed by atoms with E-state index >= 15 is 0 Å². The van der Waals surface area contributed by atoms with Gasteiger partial charge < -0.3 is 10.0 Å². The number of urea groups is 1. The van der Waals surface area contributed by atoms with E-state index < -0.39 is 43.1 Å². The molecule has 0 saturated carbocycles. The summed E-state index contributed by atoms with van der Waals surface area (Å²) in [6.07, 6.45) is -2.94. The summed E-state index contributed by atoms with van der Waals surface area (Å²) in [5.74, 6) is -5.31. The van der Waals surface area contributed by atoms with Crippen LogP contribution in [0.3, 0.4) is 0 Å². The minimum atomic E-state index is -4.67. The van der Waals surface area contributed by atoms with Gasteiger partial charge in [0.15, 0.2) is 0 Å². The highest BCUT2D eigenvalue weighted by molar-refractivity contribution is 7.98. The van der Waals surface area contributed by atoms with Crippen LogP contribution in [0.2, 0.25) is 0 Å². The number of aliphatic carboxylic acids is 1. The topological polar surface area (TPSA) is 95.4 Å². The fraction of sp³-hybridized carbons (Fsp3) is 0.600. The van der Waals surface area contributed by atoms with Crippen molar-refractivity contribution in [2.24, 2.45) is 11.8 Å². The SMILES string of the molecule is CSc1nsc(NC(=O)N2C[C@@H](C(F)(F)F)[C@H](C(=O)O)C2)n1. The van der Waals surface area contributed by atoms with Crippen LogP contribution in [0.4, 0.5) is 23.1 Å². The number of halogens is 3. The zero-order valence-electron chi connectivity index (χ0n) is 11.1. The minimum Gasteiger partial charge on any atom is -0.481 e. The number of amides is 2. The Morgan fingerprint density at radius 2 is 2.14 bits per heavy atom. The minimum absolute atomic E-state index is 0.150. The number of anilines is 1. The summed E-state index contributed by atoms with van der Waals surface area (Å²) in [6.45, 7) is -1.19. The van der Waals surface area contributed by atoms with Crippen LogP contribution in [0.25, 0.3) is 0 Å². The van der Waals surface area contributed by atoms with Crippen LogP contribution in [-0.4, -0.2) is 56.9 Å². The Labute approximate surface area is 131 Å². The van der Waals surface area contributed by atoms with Crippen LogP contribution in [0, 0.1) is 11.8 Å². The Kier molecular flexibility index (Phi) is 4.80. The molecule has 0 aromatic carbocycles. The number of likely N-dealkylation sites (tertiary alicyclic amines) is 1. The van der Waals surface area contributed by atoms with Crippen LogP contribution >= 0.6 is 23.3 Å². The molecule has 1 fully saturated rings. The summed E-state index contributed by atoms with van der Waals surface area (Å²) in [5, 5.41) is 11.8. The number of hydrogen-bond acceptors (Lipinski definition) is 6. The van der Waals surface area contributed by atoms with Crippen molar-refractivity contribution in [1.29, 1.82) is 0 Å². The quantitative estimate of drug-likeness (QED) is 0.804. The van der Waals surface area contributed by atoms with Crippen molar-refractivity contribution in [2.75, 3.05) is 24.7 Å². The van der Waals surface area contributed by atoms with E-state index in [9.17, 15) is 22.8 Å². The van der Waals surface area contributed by atoms with Gasteiger partial charge in [-0.05, 0) is 6.26 Å². The maximum Gasteiger partial charge on any atom is 0.394 e. The van der Waals surface area contributed by atoms with Gasteiger partial charge in [0, 0.05) is 24.6 Å². The molecule has 7 nitrogen and oxygen atoms in total. The molecule has 2 atom stereocenters. The Morgan fingerprint density at radius 1 is 1.45 bits per heavy atom. The summed E-state index contributed by atoms with van der Waals surface area (Å²) < 4.78 is 42.4. The van der Waals surface area contributed by atoms with E-state index in [1.807, 2.05) is 0 Å². The lowest BCUT2D eigenvalue weighted by atomic mass is 9.96. The van der Waals surface area contributed by atoms with Gasteiger partial charge in [-0.15, -0.1) is 0 Å². The molecule has 1 saturated heterocycles. The lowest BCUT2D eigenvalue weighted by Crippen LogP contribution is -2.35. The second-order valence-electron chi connectivity index (χ2n) is 4.51. The molecular weight excluding hydrogens is 345 g/mol. The highest BCUT2D eigenvalue weighted by Crippen LogP contribution is 2.37. The summed E-state index contributed by atoms with van der Waals surface area (Å²) in [4.78, 5) is 27.7. The first-order valence-electron chi connectivity index (χ1n) is 5.95. The van der Waals surface area contributed by atoms with Crippen LogP contribution < -0.4 is 5.32 Å². The first-order valence-corrected chi connectivity index (χ1v) is 7.95. The van der Waals surface area contributed by atoms with Crippen LogP contribution in [0.5, 0.6) is 0 Å². The number of thioether (sulfide) groups is 1. The molecule has 0 aliphatic carbocycles. The molecule has 1 aliphatic heterocycles. The standard InChI is InChI=1S/C10H11F3N4O3S2/c1-21-8-14-7(22-16-8)15-9(20)17-2-4(6(18)19)5(3-17)10(11,12)13/h4-5H,2-3H2,1H3,(H,18,19)(H,14,15,16,20)/t4-,5-/m1/s1. The number of carboxylic acids is 1. The fourth-order valence-electron chi connectivity index (χ4n) is 2.07. The Morgan fingerprint density at radius 3 is 2.59 bits per heavy atom. The maximum absolute atomic E-state index is 12.8. The van der Waals surface area contributed by atoms with Crippen molar-refractivity contribution < 1.29 is 27.9 Å². The highest BCUT2D eigenvalue weighted by atomic mass is 32.2. The van der Waals surface area contributed by atoms with E-state index in [1.54, 1.807) is 6.26 Å². The largest absolute Gasteiger partial charge is 0.481 e. The van der Waals surface area contributed by atoms with Gasteiger partial charge in [-0.3, -0.25) is 10.1 Å². The third kappa shape index (κ3) is 3.61. The fourth-order valence-corrected chi connectivity index (χ4v) is 3.18. The van der Waals surface area contributed by atoms with Crippen molar-refractivity contribution in [3.8, 4) is 0 Å². The molecule has 122 valence electrons. The third-order valence-electron chi connectivity index (χ3n) is 3.15. The maximum atomic E-state index is 12.8. The highest BCUT2D eigenvalue weighted by Gasteiger charge is 2.53. The molecule has 2 heterocycles. The van der Waals surface area contributed by atoms with Crippen LogP contribution in [0.15, 0.2) is 5.16 Å². The molecule has 1 aromatic rings. The molecule has 2 N–H and O–H groups in total. The van der Waals surface area contributed by atoms with Crippen molar-refractivity contribution in [3.63, 3.8) is 0 Å². The number of carboxylic acid groups (broad SMARTS) is 1. The molecule has 22 heavy (non-hydrogen) atoms. The Hall–Kier alpha value is -1.56. The number of nitrogens with one attached hydrogen (secondary N) is 1. The third-order valence-corrected chi connectivity index (χ3v) is 4.44. The van der Waals surface area contributed by atoms with Crippen molar-refractivity contribution in [3.05, 3.63) is 0 Å². The molecule has 0 radical (unpaired) electrons. The monoisotopic (exact) mass is 356 g/mol. The van der Waals surface area contributed by atoms with Gasteiger partial charge in [0.2, 0.25) is 10.3 Å². The van der Waals surface area contributed by atoms with Crippen LogP contribution in [0.1, 0.15) is 0 Å². The predicted molar refractivity (Wildman–Crippen MR) is 73.0 cm³/mol. The van der Waals surface area contributed by atoms with Crippen molar-refractivity contribution >= 4 is 40.4 Å². The zero-order chi connectivity index (χ0) is 16.5. The lowest BCUT2D eigenvalue weighted by molar-refractivity contribution is -0.187. The number of aromatic nitrogens is 2. The molecule has 1 aliphatic rings. The second-order valence-corrected chi connectivity index (χ2v) is 6.04. The van der Waals surface area contributed by atoms with Gasteiger partial charge >= 0.3 is 18.2 Å². The van der Waals surface area contributed by atoms with E-state index in [-0.39, 0.29) is 5.13 Å². The first-order chi connectivity index (χ1) is 10.2. The van der Waals surface area contributed by atoms with Gasteiger partial charge in [0.1, 0.15) is 0 Å². The van der Waals surface area contributed by atoms with E-state index in [0.29, 0.717) is 5.16 Å². The van der Waals surface area contributed by atoms with Gasteiger partial charge in [-0.2, -0.15) is 22.5 Å². The average molecular weight is 356 g/mol. The van der Waals surface area contributed by atoms with Gasteiger partial charge in [-0.1, -0.05) is 11.8 Å². The van der Waals surface area contributed by atoms with E-state index in [4.69, 9.17) is 5.11 Å². The predicted octanol–water partition coefficient (Wildman–Crippen LogP) is 1.99. The lowest BCUT2D eigenvalue weighted by Gasteiger charge is -2.18. The van der Waals surface area contributed by atoms with E-state index in [0.717, 1.165) is 16.4 Å². The average Bonchev–Trinajstić information content (AvgIpc) is 3.03. The molecule has 0 spiro atoms. The molecule has 1 aromatic heterocycles. The van der Waals surface area contributed by atoms with Crippen LogP contribution in [-0.2, 0) is 4.79 Å². The second kappa shape index (κ2) is 6.28. The molecule has 0 bridgehead atoms. The number of nitrogens with zero attached hydrogens (tertiary/aromatic N) is 3. The molecule has 12 heteroatoms. The van der Waals surface area contributed by atoms with Crippen molar-refractivity contribution in [2.45, 2.75) is 11.3 Å². The number of alkyl halides is 3. The number of hydrogen-bond donors (Lipinski definition) is 2. The Balaban J connectivity index is 2.06. The summed E-state index contributed by atoms with van der Waals surface area (Å²) in [5.41, 5.74) is 0. The summed E-state index contributed by atoms with van der Waals surface area (Å²) in [6, 6.07) is -0.818. The number of rotatable bonds is 3. The Bertz CT molecular complexity index is 580. The van der Waals surface area contributed by atoms with Crippen molar-refractivity contribution in [1.82, 2.24) is 14.3 Å². The molecular formula is C10H11F3N4O3S2. The molecule has 0 unspecified atom stereocenters. The van der Waals surface area contributed by atoms with E-state index in [2.05, 4.69) is 14.7 Å². The zero-order valence-corrected chi connectivity index (χ0v) is 12.8. The summed E-state index contributed by atoms with van der Waals surface area (Å²) in [7, 11) is 0. The molecule has 2 amide bonds. The summed E-state index contributed by atoms with van der Waals surface area (Å²) >= 11 is 2.15. The number of carbonyl (C=O) groups excluding carboxylic acids is 1. The first kappa shape index (κ1) is 16.8. The molecule has 2 rings (SSSR count). The van der Waals surface area contributed by atoms with Gasteiger partial charge in [0.25, 0.3) is 0 Å². The number of carbonyl (C=O) groups is 2.